The third-order valence-corrected chi connectivity index (χ3v) is 2.45. The van der Waals surface area contributed by atoms with Crippen LogP contribution in [0.2, 0.25) is 0 Å². The van der Waals surface area contributed by atoms with Crippen LogP contribution in [0.4, 0.5) is 11.4 Å². The average Bonchev–Trinajstić information content (AvgIpc) is 2.43. The van der Waals surface area contributed by atoms with E-state index in [-0.39, 0.29) is 6.61 Å². The van der Waals surface area contributed by atoms with E-state index in [0.717, 1.165) is 0 Å². The molecule has 0 aliphatic heterocycles. The monoisotopic (exact) mass is 291 g/mol. The Morgan fingerprint density at radius 2 is 2.30 bits per heavy atom. The molecule has 0 bridgehead atoms. The molecule has 0 spiro atoms. The summed E-state index contributed by atoms with van der Waals surface area (Å²) in [6, 6.07) is 7.31. The lowest BCUT2D eigenvalue weighted by atomic mass is 10.2. The van der Waals surface area contributed by atoms with Gasteiger partial charge in [0.25, 0.3) is 0 Å². The van der Waals surface area contributed by atoms with Gasteiger partial charge in [-0.1, -0.05) is 0 Å². The van der Waals surface area contributed by atoms with Crippen molar-refractivity contribution in [1.82, 2.24) is 10.2 Å². The van der Waals surface area contributed by atoms with E-state index >= 15 is 0 Å². The van der Waals surface area contributed by atoms with Gasteiger partial charge in [-0.25, -0.2) is 4.99 Å². The summed E-state index contributed by atoms with van der Waals surface area (Å²) in [6.45, 7) is 0.381. The number of aliphatic hydroxyl groups is 1. The predicted octanol–water partition coefficient (Wildman–Crippen LogP) is 1.06. The fraction of sp³-hybridized carbons (Fsp3) is 0.308. The summed E-state index contributed by atoms with van der Waals surface area (Å²) in [6.07, 6.45) is 1.64. The minimum Gasteiger partial charge on any atom is -0.395 e. The Morgan fingerprint density at radius 3 is 2.90 bits per heavy atom. The Kier molecular flexibility index (Phi) is 6.43. The number of nitrogens with one attached hydrogen (secondary N) is 2. The largest absolute Gasteiger partial charge is 0.395 e. The Bertz CT molecular complexity index is 536. The number of hydrogen-bond acceptors (Lipinski definition) is 4. The van der Waals surface area contributed by atoms with E-state index in [9.17, 15) is 0 Å². The standard InChI is InChI=1S/C13H17N5OS/c1-18(2)9-16-12-4-3-11(7-10(12)8-14)17-13(20)15-5-6-19/h3-4,7,9,19H,5-6H2,1-2H3,(H2,15,17,20). The van der Waals surface area contributed by atoms with Gasteiger partial charge in [-0.15, -0.1) is 0 Å². The minimum absolute atomic E-state index is 0.00343. The van der Waals surface area contributed by atoms with Crippen molar-refractivity contribution in [2.24, 2.45) is 4.99 Å². The number of nitriles is 1. The first-order chi connectivity index (χ1) is 9.56. The fourth-order valence-electron chi connectivity index (χ4n) is 1.34. The molecule has 1 rings (SSSR count). The van der Waals surface area contributed by atoms with Crippen LogP contribution in [-0.2, 0) is 0 Å². The van der Waals surface area contributed by atoms with Crippen LogP contribution >= 0.6 is 12.2 Å². The smallest absolute Gasteiger partial charge is 0.170 e. The maximum absolute atomic E-state index is 9.14. The van der Waals surface area contributed by atoms with Gasteiger partial charge in [-0.3, -0.25) is 0 Å². The van der Waals surface area contributed by atoms with Crippen LogP contribution in [0.15, 0.2) is 23.2 Å². The first-order valence-corrected chi connectivity index (χ1v) is 6.38. The number of anilines is 1. The van der Waals surface area contributed by atoms with E-state index in [0.29, 0.717) is 28.6 Å². The molecule has 0 radical (unpaired) electrons. The zero-order valence-corrected chi connectivity index (χ0v) is 12.2. The molecule has 6 nitrogen and oxygen atoms in total. The van der Waals surface area contributed by atoms with E-state index in [1.54, 1.807) is 29.4 Å². The highest BCUT2D eigenvalue weighted by Gasteiger charge is 2.03. The van der Waals surface area contributed by atoms with Gasteiger partial charge in [0, 0.05) is 26.3 Å². The molecular formula is C13H17N5OS. The molecule has 0 heterocycles. The summed E-state index contributed by atoms with van der Waals surface area (Å²) in [4.78, 5) is 6.01. The summed E-state index contributed by atoms with van der Waals surface area (Å²) in [5.74, 6) is 0. The van der Waals surface area contributed by atoms with Gasteiger partial charge in [-0.2, -0.15) is 5.26 Å². The first kappa shape index (κ1) is 15.9. The summed E-state index contributed by atoms with van der Waals surface area (Å²) in [5, 5.41) is 24.0. The molecule has 20 heavy (non-hydrogen) atoms. The maximum Gasteiger partial charge on any atom is 0.170 e. The van der Waals surface area contributed by atoms with E-state index in [1.165, 1.54) is 0 Å². The van der Waals surface area contributed by atoms with E-state index < -0.39 is 0 Å². The van der Waals surface area contributed by atoms with Crippen LogP contribution < -0.4 is 10.6 Å². The van der Waals surface area contributed by atoms with Crippen molar-refractivity contribution < 1.29 is 5.11 Å². The fourth-order valence-corrected chi connectivity index (χ4v) is 1.56. The predicted molar refractivity (Wildman–Crippen MR) is 84.3 cm³/mol. The van der Waals surface area contributed by atoms with Crippen molar-refractivity contribution in [2.45, 2.75) is 0 Å². The van der Waals surface area contributed by atoms with Crippen molar-refractivity contribution >= 4 is 35.0 Å². The number of benzene rings is 1. The van der Waals surface area contributed by atoms with Crippen molar-refractivity contribution in [1.29, 1.82) is 5.26 Å². The third kappa shape index (κ3) is 5.22. The van der Waals surface area contributed by atoms with Gasteiger partial charge in [0.1, 0.15) is 6.07 Å². The molecule has 0 saturated heterocycles. The Labute approximate surface area is 123 Å². The second-order valence-corrected chi connectivity index (χ2v) is 4.56. The van der Waals surface area contributed by atoms with Crippen molar-refractivity contribution in [2.75, 3.05) is 32.6 Å². The molecule has 7 heteroatoms. The second-order valence-electron chi connectivity index (χ2n) is 4.16. The molecule has 1 aromatic rings. The molecular weight excluding hydrogens is 274 g/mol. The summed E-state index contributed by atoms with van der Waals surface area (Å²) in [5.41, 5.74) is 1.75. The zero-order valence-electron chi connectivity index (χ0n) is 11.4. The van der Waals surface area contributed by atoms with Gasteiger partial charge in [0.2, 0.25) is 0 Å². The van der Waals surface area contributed by atoms with Gasteiger partial charge in [-0.05, 0) is 30.4 Å². The molecule has 0 atom stereocenters. The number of thiocarbonyl (C=S) groups is 1. The normalized spacial score (nSPS) is 10.1. The number of hydrogen-bond donors (Lipinski definition) is 3. The Morgan fingerprint density at radius 1 is 1.55 bits per heavy atom. The molecule has 3 N–H and O–H groups in total. The van der Waals surface area contributed by atoms with Gasteiger partial charge in [0.15, 0.2) is 5.11 Å². The lowest BCUT2D eigenvalue weighted by Gasteiger charge is -2.10. The van der Waals surface area contributed by atoms with E-state index in [1.807, 2.05) is 14.1 Å². The highest BCUT2D eigenvalue weighted by molar-refractivity contribution is 7.80. The second kappa shape index (κ2) is 8.09. The molecule has 0 saturated carbocycles. The lowest BCUT2D eigenvalue weighted by molar-refractivity contribution is 0.301. The molecule has 0 aliphatic rings. The van der Waals surface area contributed by atoms with Crippen LogP contribution in [0.3, 0.4) is 0 Å². The number of aliphatic hydroxyl groups excluding tert-OH is 1. The first-order valence-electron chi connectivity index (χ1n) is 5.97. The summed E-state index contributed by atoms with van der Waals surface area (Å²) in [7, 11) is 3.72. The van der Waals surface area contributed by atoms with Crippen molar-refractivity contribution in [3.8, 4) is 6.07 Å². The van der Waals surface area contributed by atoms with E-state index in [2.05, 4.69) is 21.7 Å². The van der Waals surface area contributed by atoms with Crippen molar-refractivity contribution in [3.05, 3.63) is 23.8 Å². The third-order valence-electron chi connectivity index (χ3n) is 2.20. The maximum atomic E-state index is 9.14. The highest BCUT2D eigenvalue weighted by atomic mass is 32.1. The highest BCUT2D eigenvalue weighted by Crippen LogP contribution is 2.22. The van der Waals surface area contributed by atoms with Crippen LogP contribution in [0.1, 0.15) is 5.56 Å². The van der Waals surface area contributed by atoms with Crippen LogP contribution in [0.25, 0.3) is 0 Å². The molecule has 0 aliphatic carbocycles. The topological polar surface area (TPSA) is 83.7 Å². The molecule has 0 amide bonds. The molecule has 0 fully saturated rings. The van der Waals surface area contributed by atoms with Gasteiger partial charge >= 0.3 is 0 Å². The van der Waals surface area contributed by atoms with Crippen LogP contribution in [0.5, 0.6) is 0 Å². The number of nitrogens with zero attached hydrogens (tertiary/aromatic N) is 3. The Hall–Kier alpha value is -2.17. The average molecular weight is 291 g/mol. The molecule has 0 unspecified atom stereocenters. The summed E-state index contributed by atoms with van der Waals surface area (Å²) >= 11 is 5.05. The van der Waals surface area contributed by atoms with Crippen LogP contribution in [0, 0.1) is 11.3 Å². The molecule has 0 aromatic heterocycles. The zero-order chi connectivity index (χ0) is 15.0. The van der Waals surface area contributed by atoms with E-state index in [4.69, 9.17) is 22.6 Å². The Balaban J connectivity index is 2.82. The quantitative estimate of drug-likeness (QED) is 0.427. The number of rotatable bonds is 5. The SMILES string of the molecule is CN(C)C=Nc1ccc(NC(=S)NCCO)cc1C#N. The number of aliphatic imine (C=N–C) groups is 1. The lowest BCUT2D eigenvalue weighted by Crippen LogP contribution is -2.30. The van der Waals surface area contributed by atoms with Gasteiger partial charge in [0.05, 0.1) is 24.2 Å². The molecule has 106 valence electrons. The van der Waals surface area contributed by atoms with Crippen LogP contribution in [-0.4, -0.2) is 48.7 Å². The van der Waals surface area contributed by atoms with Gasteiger partial charge < -0.3 is 20.6 Å². The minimum atomic E-state index is 0.00343. The van der Waals surface area contributed by atoms with Crippen molar-refractivity contribution in [3.63, 3.8) is 0 Å². The summed E-state index contributed by atoms with van der Waals surface area (Å²) < 4.78 is 0. The molecule has 1 aromatic carbocycles.